The Labute approximate surface area is 271 Å². The minimum atomic E-state index is -3.63. The molecule has 45 heavy (non-hydrogen) atoms. The van der Waals surface area contributed by atoms with Crippen molar-refractivity contribution in [1.82, 2.24) is 14.9 Å². The van der Waals surface area contributed by atoms with Crippen molar-refractivity contribution in [2.45, 2.75) is 53.7 Å². The molecule has 1 unspecified atom stereocenters. The Bertz CT molecular complexity index is 1780. The highest BCUT2D eigenvalue weighted by atomic mass is 32.2. The monoisotopic (exact) mass is 659 g/mol. The van der Waals surface area contributed by atoms with Gasteiger partial charge in [-0.05, 0) is 41.3 Å². The van der Waals surface area contributed by atoms with Gasteiger partial charge in [0.1, 0.15) is 5.01 Å². The Hall–Kier alpha value is -3.42. The maximum atomic E-state index is 12.7. The molecule has 0 aliphatic carbocycles. The summed E-state index contributed by atoms with van der Waals surface area (Å²) in [6.45, 7) is 2.06. The number of rotatable bonds is 11. The highest BCUT2D eigenvalue weighted by Gasteiger charge is 2.42. The van der Waals surface area contributed by atoms with Gasteiger partial charge in [-0.1, -0.05) is 120 Å². The first-order valence-electron chi connectivity index (χ1n) is 14.5. The first kappa shape index (κ1) is 31.6. The summed E-state index contributed by atoms with van der Waals surface area (Å²) in [4.78, 5) is 0.226. The number of ether oxygens (including phenoxy) is 2. The highest BCUT2D eigenvalue weighted by Crippen LogP contribution is 2.48. The third-order valence-corrected chi connectivity index (χ3v) is 11.1. The maximum absolute atomic E-state index is 12.7. The normalized spacial score (nSPS) is 20.2. The summed E-state index contributed by atoms with van der Waals surface area (Å²) in [5.74, 6) is 0.522. The molecule has 0 saturated carbocycles. The lowest BCUT2D eigenvalue weighted by Crippen LogP contribution is -2.38. The second kappa shape index (κ2) is 14.3. The number of nitrogens with zero attached hydrogens (tertiary/aromatic N) is 2. The number of benzene rings is 4. The van der Waals surface area contributed by atoms with Crippen molar-refractivity contribution in [1.29, 1.82) is 0 Å². The lowest BCUT2D eigenvalue weighted by atomic mass is 9.84. The van der Waals surface area contributed by atoms with E-state index < -0.39 is 16.3 Å². The van der Waals surface area contributed by atoms with Crippen LogP contribution in [0.4, 0.5) is 0 Å². The van der Waals surface area contributed by atoms with E-state index in [0.717, 1.165) is 37.2 Å². The topological polar surface area (TPSA) is 111 Å². The van der Waals surface area contributed by atoms with Gasteiger partial charge >= 0.3 is 0 Å². The summed E-state index contributed by atoms with van der Waals surface area (Å²) in [7, 11) is -3.63. The lowest BCUT2D eigenvalue weighted by Gasteiger charge is -2.43. The van der Waals surface area contributed by atoms with Gasteiger partial charge in [-0.15, -0.1) is 10.2 Å². The summed E-state index contributed by atoms with van der Waals surface area (Å²) in [5.41, 5.74) is 4.56. The van der Waals surface area contributed by atoms with Gasteiger partial charge in [-0.2, -0.15) is 0 Å². The third-order valence-electron chi connectivity index (χ3n) is 7.62. The summed E-state index contributed by atoms with van der Waals surface area (Å²) >= 11 is 3.18. The molecule has 0 amide bonds. The highest BCUT2D eigenvalue weighted by molar-refractivity contribution is 8.01. The Morgan fingerprint density at radius 3 is 2.09 bits per heavy atom. The number of thioether (sulfide) groups is 1. The maximum Gasteiger partial charge on any atom is 0.240 e. The van der Waals surface area contributed by atoms with Crippen molar-refractivity contribution in [2.75, 3.05) is 5.75 Å². The molecule has 0 spiro atoms. The van der Waals surface area contributed by atoms with E-state index in [1.807, 2.05) is 73.7 Å². The van der Waals surface area contributed by atoms with Crippen molar-refractivity contribution >= 4 is 33.1 Å². The lowest BCUT2D eigenvalue weighted by molar-refractivity contribution is -0.255. The van der Waals surface area contributed by atoms with Crippen LogP contribution in [0.25, 0.3) is 0 Å². The summed E-state index contributed by atoms with van der Waals surface area (Å²) < 4.78 is 42.5. The SMILES string of the molecule is Cc1nnc(SC[C@H]2OC(c3ccc(CNS(=O)(=O)c4ccccc4)cc3)O[C@@H](c3ccc(CO)cc3)[C@@H]2c2ccccc2)s1. The number of hydrogen-bond donors (Lipinski definition) is 2. The van der Waals surface area contributed by atoms with Crippen LogP contribution < -0.4 is 4.72 Å². The zero-order chi connectivity index (χ0) is 31.2. The molecule has 1 aromatic heterocycles. The average molecular weight is 660 g/mol. The Morgan fingerprint density at radius 2 is 1.44 bits per heavy atom. The van der Waals surface area contributed by atoms with E-state index in [9.17, 15) is 13.5 Å². The van der Waals surface area contributed by atoms with Gasteiger partial charge in [0.25, 0.3) is 0 Å². The van der Waals surface area contributed by atoms with Crippen molar-refractivity contribution < 1.29 is 23.0 Å². The first-order chi connectivity index (χ1) is 21.9. The van der Waals surface area contributed by atoms with E-state index in [0.29, 0.717) is 5.75 Å². The van der Waals surface area contributed by atoms with Gasteiger partial charge in [-0.3, -0.25) is 0 Å². The molecule has 6 rings (SSSR count). The number of aryl methyl sites for hydroxylation is 1. The molecule has 4 aromatic carbocycles. The van der Waals surface area contributed by atoms with E-state index in [1.165, 1.54) is 0 Å². The number of aliphatic hydroxyl groups excluding tert-OH is 1. The molecule has 8 nitrogen and oxygen atoms in total. The third kappa shape index (κ3) is 7.70. The summed E-state index contributed by atoms with van der Waals surface area (Å²) in [6, 6.07) is 34.0. The van der Waals surface area contributed by atoms with Gasteiger partial charge in [-0.25, -0.2) is 13.1 Å². The van der Waals surface area contributed by atoms with Crippen LogP contribution in [0, 0.1) is 6.92 Å². The number of hydrogen-bond acceptors (Lipinski definition) is 9. The molecule has 1 fully saturated rings. The predicted octanol–water partition coefficient (Wildman–Crippen LogP) is 6.55. The quantitative estimate of drug-likeness (QED) is 0.154. The van der Waals surface area contributed by atoms with Crippen LogP contribution >= 0.6 is 23.1 Å². The van der Waals surface area contributed by atoms with Crippen LogP contribution in [-0.4, -0.2) is 35.6 Å². The van der Waals surface area contributed by atoms with Gasteiger partial charge in [0.2, 0.25) is 10.0 Å². The van der Waals surface area contributed by atoms with Crippen LogP contribution in [-0.2, 0) is 32.6 Å². The van der Waals surface area contributed by atoms with Crippen LogP contribution in [0.1, 0.15) is 51.1 Å². The van der Waals surface area contributed by atoms with Crippen LogP contribution in [0.15, 0.2) is 118 Å². The molecule has 0 bridgehead atoms. The number of aliphatic hydroxyl groups is 1. The zero-order valence-corrected chi connectivity index (χ0v) is 27.0. The van der Waals surface area contributed by atoms with Gasteiger partial charge in [0, 0.05) is 23.8 Å². The van der Waals surface area contributed by atoms with Gasteiger partial charge in [0.05, 0.1) is 23.7 Å². The van der Waals surface area contributed by atoms with Crippen molar-refractivity contribution in [3.05, 3.63) is 142 Å². The van der Waals surface area contributed by atoms with E-state index in [2.05, 4.69) is 27.1 Å². The van der Waals surface area contributed by atoms with Gasteiger partial charge < -0.3 is 14.6 Å². The predicted molar refractivity (Wildman–Crippen MR) is 175 cm³/mol. The fraction of sp³-hybridized carbons (Fsp3) is 0.235. The van der Waals surface area contributed by atoms with Crippen LogP contribution in [0.2, 0.25) is 0 Å². The Kier molecular flexibility index (Phi) is 10.1. The molecule has 4 atom stereocenters. The average Bonchev–Trinajstić information content (AvgIpc) is 3.52. The molecule has 11 heteroatoms. The molecule has 0 radical (unpaired) electrons. The molecular weight excluding hydrogens is 627 g/mol. The van der Waals surface area contributed by atoms with Crippen molar-refractivity contribution in [3.8, 4) is 0 Å². The van der Waals surface area contributed by atoms with Crippen LogP contribution in [0.3, 0.4) is 0 Å². The summed E-state index contributed by atoms with van der Waals surface area (Å²) in [6.07, 6.45) is -1.23. The number of sulfonamides is 1. The zero-order valence-electron chi connectivity index (χ0n) is 24.5. The minimum Gasteiger partial charge on any atom is -0.392 e. The molecule has 2 heterocycles. The Balaban J connectivity index is 1.27. The van der Waals surface area contributed by atoms with E-state index in [1.54, 1.807) is 53.4 Å². The molecular formula is C34H33N3O5S3. The number of nitrogens with one attached hydrogen (secondary N) is 1. The second-order valence-corrected chi connectivity index (χ2v) is 14.9. The largest absolute Gasteiger partial charge is 0.392 e. The molecule has 1 aliphatic heterocycles. The summed E-state index contributed by atoms with van der Waals surface area (Å²) in [5, 5.41) is 19.0. The first-order valence-corrected chi connectivity index (χ1v) is 17.8. The van der Waals surface area contributed by atoms with Crippen molar-refractivity contribution in [3.63, 3.8) is 0 Å². The number of aromatic nitrogens is 2. The fourth-order valence-electron chi connectivity index (χ4n) is 5.30. The molecule has 1 aliphatic rings. The Morgan fingerprint density at radius 1 is 0.800 bits per heavy atom. The molecule has 2 N–H and O–H groups in total. The second-order valence-electron chi connectivity index (χ2n) is 10.7. The van der Waals surface area contributed by atoms with E-state index in [-0.39, 0.29) is 36.2 Å². The standard InChI is InChI=1S/C34H33N3O5S3/c1-23-36-37-34(44-23)43-22-30-31(26-8-4-2-5-9-26)32(27-16-14-25(21-38)15-17-27)42-33(41-30)28-18-12-24(13-19-28)20-35-45(39,40)29-10-6-3-7-11-29/h2-19,30-33,35,38H,20-22H2,1H3/t30-,31-,32+,33?/m1/s1. The smallest absolute Gasteiger partial charge is 0.240 e. The van der Waals surface area contributed by atoms with Gasteiger partial charge in [0.15, 0.2) is 10.6 Å². The molecule has 1 saturated heterocycles. The fourth-order valence-corrected chi connectivity index (χ4v) is 8.24. The molecule has 5 aromatic rings. The molecule has 232 valence electrons. The van der Waals surface area contributed by atoms with Crippen molar-refractivity contribution in [2.24, 2.45) is 0 Å². The van der Waals surface area contributed by atoms with Crippen LogP contribution in [0.5, 0.6) is 0 Å². The van der Waals surface area contributed by atoms with E-state index in [4.69, 9.17) is 9.47 Å². The van der Waals surface area contributed by atoms with E-state index >= 15 is 0 Å². The minimum absolute atomic E-state index is 0.0337.